The van der Waals surface area contributed by atoms with Crippen molar-refractivity contribution < 1.29 is 0 Å². The second-order valence-corrected chi connectivity index (χ2v) is 5.96. The van der Waals surface area contributed by atoms with Crippen molar-refractivity contribution in [3.8, 4) is 0 Å². The van der Waals surface area contributed by atoms with Crippen LogP contribution in [-0.4, -0.2) is 21.1 Å². The molecule has 0 fully saturated rings. The van der Waals surface area contributed by atoms with Gasteiger partial charge >= 0.3 is 5.69 Å². The van der Waals surface area contributed by atoms with Gasteiger partial charge in [-0.3, -0.25) is 18.8 Å². The van der Waals surface area contributed by atoms with Crippen LogP contribution in [0, 0.1) is 0 Å². The molecular formula is C14H19N3O2S. The molecule has 2 rings (SSSR count). The van der Waals surface area contributed by atoms with E-state index in [-0.39, 0.29) is 17.3 Å². The highest BCUT2D eigenvalue weighted by molar-refractivity contribution is 7.10. The predicted octanol–water partition coefficient (Wildman–Crippen LogP) is 1.34. The quantitative estimate of drug-likeness (QED) is 0.854. The van der Waals surface area contributed by atoms with Crippen LogP contribution >= 0.6 is 11.3 Å². The number of rotatable bonds is 4. The van der Waals surface area contributed by atoms with E-state index in [9.17, 15) is 9.59 Å². The molecule has 0 aromatic carbocycles. The average molecular weight is 293 g/mol. The Bertz CT molecular complexity index is 700. The minimum absolute atomic E-state index is 0.245. The van der Waals surface area contributed by atoms with Crippen LogP contribution in [0.25, 0.3) is 0 Å². The Balaban J connectivity index is 2.27. The molecule has 0 N–H and O–H groups in total. The van der Waals surface area contributed by atoms with Gasteiger partial charge in [0.1, 0.15) is 0 Å². The molecule has 5 nitrogen and oxygen atoms in total. The van der Waals surface area contributed by atoms with Gasteiger partial charge in [-0.2, -0.15) is 0 Å². The topological polar surface area (TPSA) is 47.2 Å². The van der Waals surface area contributed by atoms with Crippen LogP contribution in [0.1, 0.15) is 23.5 Å². The van der Waals surface area contributed by atoms with E-state index >= 15 is 0 Å². The van der Waals surface area contributed by atoms with Crippen molar-refractivity contribution in [3.63, 3.8) is 0 Å². The van der Waals surface area contributed by atoms with E-state index in [1.54, 1.807) is 18.4 Å². The Morgan fingerprint density at radius 1 is 1.30 bits per heavy atom. The highest BCUT2D eigenvalue weighted by Gasteiger charge is 2.15. The molecule has 0 aliphatic heterocycles. The summed E-state index contributed by atoms with van der Waals surface area (Å²) in [6.45, 7) is 2.67. The Kier molecular flexibility index (Phi) is 4.25. The highest BCUT2D eigenvalue weighted by Crippen LogP contribution is 2.24. The van der Waals surface area contributed by atoms with Crippen molar-refractivity contribution in [2.45, 2.75) is 19.5 Å². The molecule has 0 aliphatic carbocycles. The van der Waals surface area contributed by atoms with Crippen molar-refractivity contribution in [1.29, 1.82) is 0 Å². The number of nitrogens with zero attached hydrogens (tertiary/aromatic N) is 3. The molecule has 0 bridgehead atoms. The second-order valence-electron chi connectivity index (χ2n) is 4.98. The van der Waals surface area contributed by atoms with Gasteiger partial charge in [0, 0.05) is 43.3 Å². The van der Waals surface area contributed by atoms with Gasteiger partial charge < -0.3 is 0 Å². The molecule has 108 valence electrons. The van der Waals surface area contributed by atoms with E-state index in [4.69, 9.17) is 0 Å². The Labute approximate surface area is 121 Å². The number of hydrogen-bond acceptors (Lipinski definition) is 4. The Hall–Kier alpha value is -1.66. The van der Waals surface area contributed by atoms with Crippen LogP contribution < -0.4 is 11.2 Å². The first-order valence-corrected chi connectivity index (χ1v) is 7.29. The molecule has 2 aromatic rings. The molecule has 0 aliphatic rings. The Morgan fingerprint density at radius 2 is 2.00 bits per heavy atom. The third-order valence-electron chi connectivity index (χ3n) is 3.65. The zero-order valence-electron chi connectivity index (χ0n) is 12.2. The monoisotopic (exact) mass is 293 g/mol. The summed E-state index contributed by atoms with van der Waals surface area (Å²) < 4.78 is 2.64. The summed E-state index contributed by atoms with van der Waals surface area (Å²) in [5, 5.41) is 2.05. The summed E-state index contributed by atoms with van der Waals surface area (Å²) >= 11 is 1.71. The van der Waals surface area contributed by atoms with Gasteiger partial charge in [0.25, 0.3) is 5.56 Å². The second kappa shape index (κ2) is 5.76. The average Bonchev–Trinajstić information content (AvgIpc) is 2.95. The third kappa shape index (κ3) is 2.76. The molecule has 2 heterocycles. The standard InChI is InChI=1S/C14H19N3O2S/c1-10(12-6-5-7-20-12)15(2)9-11-8-13(18)17(4)14(19)16(11)3/h5-8,10H,9H2,1-4H3. The summed E-state index contributed by atoms with van der Waals surface area (Å²) in [7, 11) is 5.18. The molecule has 0 saturated heterocycles. The van der Waals surface area contributed by atoms with Gasteiger partial charge in [-0.15, -0.1) is 11.3 Å². The van der Waals surface area contributed by atoms with Crippen LogP contribution in [0.3, 0.4) is 0 Å². The normalized spacial score (nSPS) is 12.8. The zero-order chi connectivity index (χ0) is 14.9. The van der Waals surface area contributed by atoms with E-state index in [0.29, 0.717) is 6.54 Å². The number of thiophene rings is 1. The Morgan fingerprint density at radius 3 is 2.60 bits per heavy atom. The molecule has 0 spiro atoms. The van der Waals surface area contributed by atoms with Crippen molar-refractivity contribution in [2.75, 3.05) is 7.05 Å². The van der Waals surface area contributed by atoms with E-state index in [1.807, 2.05) is 18.5 Å². The summed E-state index contributed by atoms with van der Waals surface area (Å²) in [6, 6.07) is 5.89. The largest absolute Gasteiger partial charge is 0.330 e. The number of aromatic nitrogens is 2. The minimum Gasteiger partial charge on any atom is -0.299 e. The summed E-state index contributed by atoms with van der Waals surface area (Å²) in [5.74, 6) is 0. The van der Waals surface area contributed by atoms with Gasteiger partial charge in [-0.25, -0.2) is 4.79 Å². The molecule has 0 radical (unpaired) electrons. The van der Waals surface area contributed by atoms with E-state index in [2.05, 4.69) is 17.9 Å². The molecule has 1 unspecified atom stereocenters. The zero-order valence-corrected chi connectivity index (χ0v) is 13.0. The summed E-state index contributed by atoms with van der Waals surface area (Å²) in [6.07, 6.45) is 0. The molecule has 6 heteroatoms. The lowest BCUT2D eigenvalue weighted by Gasteiger charge is -2.24. The van der Waals surface area contributed by atoms with Crippen molar-refractivity contribution >= 4 is 11.3 Å². The van der Waals surface area contributed by atoms with Gasteiger partial charge in [0.05, 0.1) is 0 Å². The summed E-state index contributed by atoms with van der Waals surface area (Å²) in [5.41, 5.74) is 0.175. The lowest BCUT2D eigenvalue weighted by atomic mass is 10.2. The van der Waals surface area contributed by atoms with Crippen molar-refractivity contribution in [1.82, 2.24) is 14.0 Å². The first-order valence-electron chi connectivity index (χ1n) is 6.41. The van der Waals surface area contributed by atoms with Crippen LogP contribution in [0.5, 0.6) is 0 Å². The molecule has 20 heavy (non-hydrogen) atoms. The fraction of sp³-hybridized carbons (Fsp3) is 0.429. The lowest BCUT2D eigenvalue weighted by Crippen LogP contribution is -2.39. The van der Waals surface area contributed by atoms with E-state index < -0.39 is 0 Å². The minimum atomic E-state index is -0.287. The van der Waals surface area contributed by atoms with E-state index in [1.165, 1.54) is 22.6 Å². The molecule has 2 aromatic heterocycles. The maximum Gasteiger partial charge on any atom is 0.330 e. The fourth-order valence-electron chi connectivity index (χ4n) is 2.07. The molecular weight excluding hydrogens is 274 g/mol. The summed E-state index contributed by atoms with van der Waals surface area (Å²) in [4.78, 5) is 27.0. The molecule has 0 saturated carbocycles. The van der Waals surface area contributed by atoms with Gasteiger partial charge in [0.15, 0.2) is 0 Å². The van der Waals surface area contributed by atoms with Gasteiger partial charge in [0.2, 0.25) is 0 Å². The van der Waals surface area contributed by atoms with Crippen LogP contribution in [0.15, 0.2) is 33.2 Å². The van der Waals surface area contributed by atoms with E-state index in [0.717, 1.165) is 10.3 Å². The maximum atomic E-state index is 11.9. The van der Waals surface area contributed by atoms with Crippen LogP contribution in [0.2, 0.25) is 0 Å². The predicted molar refractivity (Wildman–Crippen MR) is 81.1 cm³/mol. The third-order valence-corrected chi connectivity index (χ3v) is 4.70. The first-order chi connectivity index (χ1) is 9.41. The van der Waals surface area contributed by atoms with Gasteiger partial charge in [-0.1, -0.05) is 6.07 Å². The van der Waals surface area contributed by atoms with Crippen molar-refractivity contribution in [3.05, 3.63) is 55.0 Å². The lowest BCUT2D eigenvalue weighted by molar-refractivity contribution is 0.249. The van der Waals surface area contributed by atoms with Gasteiger partial charge in [-0.05, 0) is 25.4 Å². The number of hydrogen-bond donors (Lipinski definition) is 0. The maximum absolute atomic E-state index is 11.9. The van der Waals surface area contributed by atoms with Crippen LogP contribution in [-0.2, 0) is 20.6 Å². The van der Waals surface area contributed by atoms with Crippen molar-refractivity contribution in [2.24, 2.45) is 14.1 Å². The fourth-order valence-corrected chi connectivity index (χ4v) is 2.92. The SMILES string of the molecule is CC(c1cccs1)N(C)Cc1cc(=O)n(C)c(=O)n1C. The first kappa shape index (κ1) is 14.7. The molecule has 1 atom stereocenters. The van der Waals surface area contributed by atoms with Crippen LogP contribution in [0.4, 0.5) is 0 Å². The molecule has 0 amide bonds. The highest BCUT2D eigenvalue weighted by atomic mass is 32.1. The smallest absolute Gasteiger partial charge is 0.299 e.